The minimum atomic E-state index is -0.589. The summed E-state index contributed by atoms with van der Waals surface area (Å²) >= 11 is 0. The van der Waals surface area contributed by atoms with Crippen LogP contribution in [-0.2, 0) is 14.4 Å². The van der Waals surface area contributed by atoms with Crippen molar-refractivity contribution in [3.63, 3.8) is 0 Å². The van der Waals surface area contributed by atoms with Gasteiger partial charge in [0, 0.05) is 32.1 Å². The predicted molar refractivity (Wildman–Crippen MR) is 119 cm³/mol. The van der Waals surface area contributed by atoms with E-state index in [1.165, 1.54) is 19.3 Å². The molecule has 6 nitrogen and oxygen atoms in total. The van der Waals surface area contributed by atoms with Crippen molar-refractivity contribution in [2.75, 3.05) is 19.6 Å². The number of nitrogens with zero attached hydrogens (tertiary/aromatic N) is 2. The summed E-state index contributed by atoms with van der Waals surface area (Å²) in [6.07, 6.45) is 9.71. The number of rotatable bonds is 5. The summed E-state index contributed by atoms with van der Waals surface area (Å²) in [4.78, 5) is 42.9. The maximum atomic E-state index is 13.7. The zero-order chi connectivity index (χ0) is 21.6. The van der Waals surface area contributed by atoms with E-state index in [9.17, 15) is 14.4 Å². The van der Waals surface area contributed by atoms with Crippen molar-refractivity contribution in [1.82, 2.24) is 15.1 Å². The lowest BCUT2D eigenvalue weighted by atomic mass is 9.92. The van der Waals surface area contributed by atoms with Gasteiger partial charge in [0.2, 0.25) is 17.7 Å². The van der Waals surface area contributed by atoms with Gasteiger partial charge in [-0.2, -0.15) is 0 Å². The number of benzene rings is 1. The molecule has 2 unspecified atom stereocenters. The van der Waals surface area contributed by atoms with E-state index in [4.69, 9.17) is 0 Å². The Bertz CT molecular complexity index is 775. The monoisotopic (exact) mass is 425 g/mol. The molecule has 1 N–H and O–H groups in total. The number of piperidine rings is 2. The molecule has 2 atom stereocenters. The molecule has 168 valence electrons. The lowest BCUT2D eigenvalue weighted by molar-refractivity contribution is -0.149. The Morgan fingerprint density at radius 2 is 1.68 bits per heavy atom. The van der Waals surface area contributed by atoms with E-state index in [2.05, 4.69) is 5.32 Å². The molecule has 2 heterocycles. The fourth-order valence-electron chi connectivity index (χ4n) is 5.32. The maximum Gasteiger partial charge on any atom is 0.250 e. The number of hydrogen-bond donors (Lipinski definition) is 1. The topological polar surface area (TPSA) is 69.7 Å². The molecule has 0 radical (unpaired) electrons. The van der Waals surface area contributed by atoms with Crippen molar-refractivity contribution in [3.05, 3.63) is 35.9 Å². The van der Waals surface area contributed by atoms with Crippen molar-refractivity contribution >= 4 is 17.7 Å². The van der Waals surface area contributed by atoms with Crippen LogP contribution in [0.1, 0.15) is 75.8 Å². The normalized spacial score (nSPS) is 24.0. The first kappa shape index (κ1) is 21.8. The van der Waals surface area contributed by atoms with Crippen LogP contribution in [0.3, 0.4) is 0 Å². The van der Waals surface area contributed by atoms with Crippen LogP contribution >= 0.6 is 0 Å². The number of hydrogen-bond acceptors (Lipinski definition) is 3. The number of amides is 3. The van der Waals surface area contributed by atoms with E-state index in [0.717, 1.165) is 44.1 Å². The fraction of sp³-hybridized carbons (Fsp3) is 0.640. The zero-order valence-corrected chi connectivity index (χ0v) is 18.4. The van der Waals surface area contributed by atoms with Gasteiger partial charge in [-0.3, -0.25) is 14.4 Å². The molecule has 2 saturated heterocycles. The minimum Gasteiger partial charge on any atom is -0.353 e. The summed E-state index contributed by atoms with van der Waals surface area (Å²) in [5, 5.41) is 3.24. The van der Waals surface area contributed by atoms with E-state index in [1.807, 2.05) is 35.2 Å². The van der Waals surface area contributed by atoms with E-state index in [0.29, 0.717) is 26.1 Å². The smallest absolute Gasteiger partial charge is 0.250 e. The van der Waals surface area contributed by atoms with E-state index in [1.54, 1.807) is 4.90 Å². The molecule has 3 amide bonds. The fourth-order valence-corrected chi connectivity index (χ4v) is 5.32. The van der Waals surface area contributed by atoms with Crippen molar-refractivity contribution in [3.8, 4) is 0 Å². The molecule has 1 aliphatic carbocycles. The molecule has 4 rings (SSSR count). The Kier molecular flexibility index (Phi) is 7.25. The van der Waals surface area contributed by atoms with Crippen LogP contribution in [0.25, 0.3) is 0 Å². The standard InChI is InChI=1S/C25H35N3O3/c29-22-15-7-8-17-28(22)23(19-10-3-1-4-11-19)25(31)27-16-9-12-20(18-27)24(30)26-21-13-5-2-6-14-21/h1,3-4,10-11,20-21,23H,2,5-9,12-18H2,(H,26,30). The Labute approximate surface area is 185 Å². The second-order valence-corrected chi connectivity index (χ2v) is 9.32. The third kappa shape index (κ3) is 5.28. The Morgan fingerprint density at radius 1 is 0.903 bits per heavy atom. The molecule has 1 aromatic rings. The molecule has 2 aliphatic heterocycles. The van der Waals surface area contributed by atoms with Gasteiger partial charge < -0.3 is 15.1 Å². The average molecular weight is 426 g/mol. The molecule has 1 saturated carbocycles. The summed E-state index contributed by atoms with van der Waals surface area (Å²) in [6, 6.07) is 9.32. The van der Waals surface area contributed by atoms with Crippen molar-refractivity contribution in [1.29, 1.82) is 0 Å². The van der Waals surface area contributed by atoms with Crippen LogP contribution < -0.4 is 5.32 Å². The van der Waals surface area contributed by atoms with Gasteiger partial charge in [-0.15, -0.1) is 0 Å². The first-order valence-electron chi connectivity index (χ1n) is 12.1. The summed E-state index contributed by atoms with van der Waals surface area (Å²) in [5.41, 5.74) is 0.858. The zero-order valence-electron chi connectivity index (χ0n) is 18.4. The molecular formula is C25H35N3O3. The summed E-state index contributed by atoms with van der Waals surface area (Å²) in [5.74, 6) is -0.0588. The van der Waals surface area contributed by atoms with Crippen molar-refractivity contribution < 1.29 is 14.4 Å². The van der Waals surface area contributed by atoms with Gasteiger partial charge in [-0.1, -0.05) is 49.6 Å². The quantitative estimate of drug-likeness (QED) is 0.786. The van der Waals surface area contributed by atoms with Gasteiger partial charge in [-0.25, -0.2) is 0 Å². The number of carbonyl (C=O) groups is 3. The van der Waals surface area contributed by atoms with Gasteiger partial charge in [0.25, 0.3) is 0 Å². The highest BCUT2D eigenvalue weighted by Gasteiger charge is 2.38. The SMILES string of the molecule is O=C(NC1CCCCC1)C1CCCN(C(=O)C(c2ccccc2)N2CCCCC2=O)C1. The molecule has 6 heteroatoms. The first-order valence-corrected chi connectivity index (χ1v) is 12.1. The Morgan fingerprint density at radius 3 is 2.42 bits per heavy atom. The largest absolute Gasteiger partial charge is 0.353 e. The highest BCUT2D eigenvalue weighted by Crippen LogP contribution is 2.30. The van der Waals surface area contributed by atoms with Crippen molar-refractivity contribution in [2.24, 2.45) is 5.92 Å². The molecule has 0 spiro atoms. The number of carbonyl (C=O) groups excluding carboxylic acids is 3. The summed E-state index contributed by atoms with van der Waals surface area (Å²) in [7, 11) is 0. The van der Waals surface area contributed by atoms with Gasteiger partial charge in [0.1, 0.15) is 6.04 Å². The maximum absolute atomic E-state index is 13.7. The molecule has 0 bridgehead atoms. The van der Waals surface area contributed by atoms with Crippen LogP contribution in [-0.4, -0.2) is 53.2 Å². The summed E-state index contributed by atoms with van der Waals surface area (Å²) in [6.45, 7) is 1.71. The molecule has 1 aromatic carbocycles. The van der Waals surface area contributed by atoms with Gasteiger partial charge in [-0.05, 0) is 44.1 Å². The molecule has 3 aliphatic rings. The second kappa shape index (κ2) is 10.3. The van der Waals surface area contributed by atoms with Crippen LogP contribution in [0.2, 0.25) is 0 Å². The molecule has 0 aromatic heterocycles. The lowest BCUT2D eigenvalue weighted by Gasteiger charge is -2.39. The summed E-state index contributed by atoms with van der Waals surface area (Å²) < 4.78 is 0. The second-order valence-electron chi connectivity index (χ2n) is 9.32. The average Bonchev–Trinajstić information content (AvgIpc) is 2.82. The Balaban J connectivity index is 1.47. The highest BCUT2D eigenvalue weighted by atomic mass is 16.2. The Hall–Kier alpha value is -2.37. The van der Waals surface area contributed by atoms with Crippen LogP contribution in [0.15, 0.2) is 30.3 Å². The van der Waals surface area contributed by atoms with E-state index < -0.39 is 6.04 Å². The van der Waals surface area contributed by atoms with Crippen molar-refractivity contribution in [2.45, 2.75) is 76.3 Å². The number of likely N-dealkylation sites (tertiary alicyclic amines) is 2. The van der Waals surface area contributed by atoms with Gasteiger partial charge in [0.05, 0.1) is 5.92 Å². The third-order valence-electron chi connectivity index (χ3n) is 7.08. The van der Waals surface area contributed by atoms with Crippen LogP contribution in [0, 0.1) is 5.92 Å². The van der Waals surface area contributed by atoms with E-state index in [-0.39, 0.29) is 29.7 Å². The van der Waals surface area contributed by atoms with Crippen LogP contribution in [0.4, 0.5) is 0 Å². The first-order chi connectivity index (χ1) is 15.1. The molecule has 3 fully saturated rings. The molecular weight excluding hydrogens is 390 g/mol. The van der Waals surface area contributed by atoms with Gasteiger partial charge in [0.15, 0.2) is 0 Å². The number of nitrogens with one attached hydrogen (secondary N) is 1. The van der Waals surface area contributed by atoms with Gasteiger partial charge >= 0.3 is 0 Å². The van der Waals surface area contributed by atoms with E-state index >= 15 is 0 Å². The molecule has 31 heavy (non-hydrogen) atoms. The van der Waals surface area contributed by atoms with Crippen LogP contribution in [0.5, 0.6) is 0 Å². The lowest BCUT2D eigenvalue weighted by Crippen LogP contribution is -2.52. The highest BCUT2D eigenvalue weighted by molar-refractivity contribution is 5.89. The minimum absolute atomic E-state index is 0.0448. The third-order valence-corrected chi connectivity index (χ3v) is 7.08. The predicted octanol–water partition coefficient (Wildman–Crippen LogP) is 3.43.